The number of carbonyl (C=O) groups is 1. The van der Waals surface area contributed by atoms with Crippen LogP contribution in [0.2, 0.25) is 0 Å². The molecule has 0 bridgehead atoms. The smallest absolute Gasteiger partial charge is 0.318 e. The van der Waals surface area contributed by atoms with Crippen molar-refractivity contribution in [3.63, 3.8) is 0 Å². The third-order valence-corrected chi connectivity index (χ3v) is 4.05. The molecule has 94 valence electrons. The lowest BCUT2D eigenvalue weighted by Gasteiger charge is -2.32. The van der Waals surface area contributed by atoms with Crippen LogP contribution >= 0.6 is 11.3 Å². The fraction of sp³-hybridized carbons (Fsp3) is 0.583. The van der Waals surface area contributed by atoms with E-state index in [1.165, 1.54) is 4.88 Å². The number of amides is 2. The Bertz CT molecular complexity index is 370. The topological polar surface area (TPSA) is 41.6 Å². The first-order valence-corrected chi connectivity index (χ1v) is 6.66. The summed E-state index contributed by atoms with van der Waals surface area (Å²) in [6, 6.07) is 4.04. The highest BCUT2D eigenvalue weighted by Gasteiger charge is 2.27. The fourth-order valence-electron chi connectivity index (χ4n) is 1.81. The number of ether oxygens (including phenoxy) is 1. The van der Waals surface area contributed by atoms with Crippen molar-refractivity contribution in [3.05, 3.63) is 22.4 Å². The average Bonchev–Trinajstić information content (AvgIpc) is 2.84. The van der Waals surface area contributed by atoms with Gasteiger partial charge in [0.05, 0.1) is 18.8 Å². The lowest BCUT2D eigenvalue weighted by atomic mass is 10.0. The Labute approximate surface area is 106 Å². The van der Waals surface area contributed by atoms with E-state index in [0.29, 0.717) is 26.3 Å². The molecule has 0 spiro atoms. The SMILES string of the molecule is CC(C)(NC(=O)N1CCOCC1)c1cccs1. The Balaban J connectivity index is 1.97. The van der Waals surface area contributed by atoms with Crippen molar-refractivity contribution in [1.29, 1.82) is 0 Å². The van der Waals surface area contributed by atoms with E-state index < -0.39 is 0 Å². The van der Waals surface area contributed by atoms with Crippen molar-refractivity contribution in [3.8, 4) is 0 Å². The fourth-order valence-corrected chi connectivity index (χ4v) is 2.62. The predicted octanol–water partition coefficient (Wildman–Crippen LogP) is 2.02. The standard InChI is InChI=1S/C12H18N2O2S/c1-12(2,10-4-3-9-17-10)13-11(15)14-5-7-16-8-6-14/h3-4,9H,5-8H2,1-2H3,(H,13,15). The van der Waals surface area contributed by atoms with Gasteiger partial charge >= 0.3 is 6.03 Å². The van der Waals surface area contributed by atoms with E-state index in [2.05, 4.69) is 5.32 Å². The zero-order chi connectivity index (χ0) is 12.3. The van der Waals surface area contributed by atoms with Gasteiger partial charge in [0.25, 0.3) is 0 Å². The van der Waals surface area contributed by atoms with Crippen LogP contribution < -0.4 is 5.32 Å². The van der Waals surface area contributed by atoms with E-state index in [9.17, 15) is 4.79 Å². The van der Waals surface area contributed by atoms with Crippen molar-refractivity contribution in [1.82, 2.24) is 10.2 Å². The number of nitrogens with one attached hydrogen (secondary N) is 1. The van der Waals surface area contributed by atoms with Crippen LogP contribution in [-0.2, 0) is 10.3 Å². The Morgan fingerprint density at radius 1 is 1.47 bits per heavy atom. The molecule has 17 heavy (non-hydrogen) atoms. The number of rotatable bonds is 2. The van der Waals surface area contributed by atoms with Crippen LogP contribution in [0.1, 0.15) is 18.7 Å². The molecule has 1 aliphatic heterocycles. The van der Waals surface area contributed by atoms with Crippen LogP contribution in [0.15, 0.2) is 17.5 Å². The van der Waals surface area contributed by atoms with Crippen molar-refractivity contribution in [2.24, 2.45) is 0 Å². The third kappa shape index (κ3) is 2.98. The number of hydrogen-bond donors (Lipinski definition) is 1. The Kier molecular flexibility index (Phi) is 3.69. The molecule has 2 heterocycles. The van der Waals surface area contributed by atoms with E-state index in [1.807, 2.05) is 31.4 Å². The normalized spacial score (nSPS) is 16.9. The highest BCUT2D eigenvalue weighted by molar-refractivity contribution is 7.10. The van der Waals surface area contributed by atoms with Gasteiger partial charge in [-0.1, -0.05) is 6.07 Å². The minimum Gasteiger partial charge on any atom is -0.378 e. The second-order valence-electron chi connectivity index (χ2n) is 4.63. The van der Waals surface area contributed by atoms with Crippen LogP contribution in [0.4, 0.5) is 4.79 Å². The second-order valence-corrected chi connectivity index (χ2v) is 5.58. The molecule has 2 amide bonds. The minimum absolute atomic E-state index is 0.00769. The molecular weight excluding hydrogens is 236 g/mol. The molecule has 1 saturated heterocycles. The predicted molar refractivity (Wildman–Crippen MR) is 68.3 cm³/mol. The summed E-state index contributed by atoms with van der Waals surface area (Å²) in [6.45, 7) is 6.66. The number of carbonyl (C=O) groups excluding carboxylic acids is 1. The largest absolute Gasteiger partial charge is 0.378 e. The summed E-state index contributed by atoms with van der Waals surface area (Å²) in [6.07, 6.45) is 0. The van der Waals surface area contributed by atoms with Crippen LogP contribution in [0.3, 0.4) is 0 Å². The third-order valence-electron chi connectivity index (χ3n) is 2.85. The Hall–Kier alpha value is -1.07. The zero-order valence-electron chi connectivity index (χ0n) is 10.2. The number of nitrogens with zero attached hydrogens (tertiary/aromatic N) is 1. The van der Waals surface area contributed by atoms with Gasteiger partial charge in [-0.05, 0) is 25.3 Å². The zero-order valence-corrected chi connectivity index (χ0v) is 11.0. The molecule has 2 rings (SSSR count). The van der Waals surface area contributed by atoms with Gasteiger partial charge < -0.3 is 15.0 Å². The van der Waals surface area contributed by atoms with E-state index in [4.69, 9.17) is 4.74 Å². The minimum atomic E-state index is -0.316. The number of urea groups is 1. The van der Waals surface area contributed by atoms with Crippen molar-refractivity contribution < 1.29 is 9.53 Å². The molecule has 0 radical (unpaired) electrons. The average molecular weight is 254 g/mol. The molecule has 0 atom stereocenters. The molecule has 5 heteroatoms. The van der Waals surface area contributed by atoms with E-state index in [0.717, 1.165) is 0 Å². The molecule has 1 N–H and O–H groups in total. The molecule has 0 saturated carbocycles. The monoisotopic (exact) mass is 254 g/mol. The number of morpholine rings is 1. The van der Waals surface area contributed by atoms with E-state index in [-0.39, 0.29) is 11.6 Å². The maximum atomic E-state index is 12.1. The lowest BCUT2D eigenvalue weighted by Crippen LogP contribution is -2.51. The highest BCUT2D eigenvalue weighted by atomic mass is 32.1. The van der Waals surface area contributed by atoms with Crippen molar-refractivity contribution in [2.75, 3.05) is 26.3 Å². The van der Waals surface area contributed by atoms with Crippen molar-refractivity contribution in [2.45, 2.75) is 19.4 Å². The van der Waals surface area contributed by atoms with Gasteiger partial charge in [-0.2, -0.15) is 0 Å². The quantitative estimate of drug-likeness (QED) is 0.877. The summed E-state index contributed by atoms with van der Waals surface area (Å²) in [5.74, 6) is 0. The summed E-state index contributed by atoms with van der Waals surface area (Å²) < 4.78 is 5.23. The first-order valence-electron chi connectivity index (χ1n) is 5.78. The van der Waals surface area contributed by atoms with E-state index in [1.54, 1.807) is 16.2 Å². The van der Waals surface area contributed by atoms with Crippen LogP contribution in [0.5, 0.6) is 0 Å². The summed E-state index contributed by atoms with van der Waals surface area (Å²) in [5.41, 5.74) is -0.316. The summed E-state index contributed by atoms with van der Waals surface area (Å²) in [7, 11) is 0. The molecule has 1 aliphatic rings. The van der Waals surface area contributed by atoms with Gasteiger partial charge in [-0.25, -0.2) is 4.79 Å². The highest BCUT2D eigenvalue weighted by Crippen LogP contribution is 2.24. The molecule has 4 nitrogen and oxygen atoms in total. The van der Waals surface area contributed by atoms with Gasteiger partial charge in [-0.3, -0.25) is 0 Å². The molecule has 1 aromatic rings. The molecule has 0 aliphatic carbocycles. The number of hydrogen-bond acceptors (Lipinski definition) is 3. The Morgan fingerprint density at radius 2 is 2.18 bits per heavy atom. The van der Waals surface area contributed by atoms with Crippen molar-refractivity contribution >= 4 is 17.4 Å². The molecule has 0 aromatic carbocycles. The van der Waals surface area contributed by atoms with Crippen LogP contribution in [0, 0.1) is 0 Å². The maximum Gasteiger partial charge on any atom is 0.318 e. The summed E-state index contributed by atoms with van der Waals surface area (Å²) in [5, 5.41) is 5.10. The van der Waals surface area contributed by atoms with Crippen LogP contribution in [-0.4, -0.2) is 37.2 Å². The Morgan fingerprint density at radius 3 is 2.76 bits per heavy atom. The van der Waals surface area contributed by atoms with Gasteiger partial charge in [-0.15, -0.1) is 11.3 Å². The first kappa shape index (κ1) is 12.4. The second kappa shape index (κ2) is 5.06. The summed E-state index contributed by atoms with van der Waals surface area (Å²) >= 11 is 1.66. The molecular formula is C12H18N2O2S. The summed E-state index contributed by atoms with van der Waals surface area (Å²) in [4.78, 5) is 15.0. The van der Waals surface area contributed by atoms with Gasteiger partial charge in [0.1, 0.15) is 0 Å². The lowest BCUT2D eigenvalue weighted by molar-refractivity contribution is 0.0514. The van der Waals surface area contributed by atoms with Gasteiger partial charge in [0, 0.05) is 18.0 Å². The van der Waals surface area contributed by atoms with E-state index >= 15 is 0 Å². The van der Waals surface area contributed by atoms with Crippen LogP contribution in [0.25, 0.3) is 0 Å². The van der Waals surface area contributed by atoms with Gasteiger partial charge in [0.15, 0.2) is 0 Å². The molecule has 1 aromatic heterocycles. The van der Waals surface area contributed by atoms with Gasteiger partial charge in [0.2, 0.25) is 0 Å². The maximum absolute atomic E-state index is 12.1. The molecule has 1 fully saturated rings. The number of thiophene rings is 1. The molecule has 0 unspecified atom stereocenters. The first-order chi connectivity index (χ1) is 8.09.